The van der Waals surface area contributed by atoms with E-state index in [0.717, 1.165) is 30.6 Å². The van der Waals surface area contributed by atoms with E-state index in [4.69, 9.17) is 9.73 Å². The number of aliphatic imine (C=N–C) groups is 1. The Hall–Kier alpha value is -2.41. The fourth-order valence-electron chi connectivity index (χ4n) is 4.71. The molecule has 1 spiro atoms. The molecule has 2 saturated carbocycles. The van der Waals surface area contributed by atoms with Crippen LogP contribution in [0.2, 0.25) is 0 Å². The molecule has 1 aromatic heterocycles. The Morgan fingerprint density at radius 1 is 1.30 bits per heavy atom. The van der Waals surface area contributed by atoms with Crippen molar-refractivity contribution < 1.29 is 4.74 Å². The van der Waals surface area contributed by atoms with Gasteiger partial charge in [-0.1, -0.05) is 36.8 Å². The molecule has 2 aliphatic carbocycles. The molecule has 3 unspecified atom stereocenters. The highest BCUT2D eigenvalue weighted by atomic mass is 16.5. The van der Waals surface area contributed by atoms with Crippen molar-refractivity contribution in [2.75, 3.05) is 6.61 Å². The van der Waals surface area contributed by atoms with Gasteiger partial charge in [-0.15, -0.1) is 10.2 Å². The van der Waals surface area contributed by atoms with Gasteiger partial charge in [0.15, 0.2) is 11.8 Å². The lowest BCUT2D eigenvalue weighted by molar-refractivity contribution is -0.168. The maximum absolute atomic E-state index is 6.02. The van der Waals surface area contributed by atoms with Crippen molar-refractivity contribution in [1.82, 2.24) is 25.4 Å². The van der Waals surface area contributed by atoms with Gasteiger partial charge in [-0.05, 0) is 45.6 Å². The lowest BCUT2D eigenvalue weighted by Crippen LogP contribution is -2.68. The van der Waals surface area contributed by atoms with Crippen LogP contribution in [-0.2, 0) is 18.3 Å². The second-order valence-corrected chi connectivity index (χ2v) is 8.63. The van der Waals surface area contributed by atoms with Crippen LogP contribution in [0.3, 0.4) is 0 Å². The molecule has 1 heterocycles. The first-order chi connectivity index (χ1) is 14.5. The first-order valence-electron chi connectivity index (χ1n) is 11.1. The average molecular weight is 411 g/mol. The first kappa shape index (κ1) is 20.8. The zero-order valence-electron chi connectivity index (χ0n) is 18.6. The van der Waals surface area contributed by atoms with Crippen molar-refractivity contribution in [1.29, 1.82) is 0 Å². The van der Waals surface area contributed by atoms with E-state index >= 15 is 0 Å². The van der Waals surface area contributed by atoms with Crippen LogP contribution in [0.15, 0.2) is 35.3 Å². The minimum atomic E-state index is 0.152. The zero-order chi connectivity index (χ0) is 21.1. The number of ether oxygens (including phenoxy) is 1. The minimum Gasteiger partial charge on any atom is -0.378 e. The van der Waals surface area contributed by atoms with E-state index in [9.17, 15) is 0 Å². The highest BCUT2D eigenvalue weighted by Gasteiger charge is 2.59. The number of benzene rings is 1. The highest BCUT2D eigenvalue weighted by molar-refractivity contribution is 5.81. The summed E-state index contributed by atoms with van der Waals surface area (Å²) in [5.41, 5.74) is 1.51. The summed E-state index contributed by atoms with van der Waals surface area (Å²) in [4.78, 5) is 4.88. The van der Waals surface area contributed by atoms with Crippen LogP contribution in [0.5, 0.6) is 0 Å². The largest absolute Gasteiger partial charge is 0.378 e. The van der Waals surface area contributed by atoms with Crippen LogP contribution in [0.1, 0.15) is 62.8 Å². The predicted octanol–water partition coefficient (Wildman–Crippen LogP) is 3.27. The molecule has 0 saturated heterocycles. The van der Waals surface area contributed by atoms with Crippen molar-refractivity contribution in [2.45, 2.75) is 71.2 Å². The number of hydrogen-bond acceptors (Lipinski definition) is 4. The lowest BCUT2D eigenvalue weighted by Gasteiger charge is -2.61. The Kier molecular flexibility index (Phi) is 6.09. The topological polar surface area (TPSA) is 76.4 Å². The Morgan fingerprint density at radius 3 is 2.67 bits per heavy atom. The van der Waals surface area contributed by atoms with Gasteiger partial charge < -0.3 is 19.9 Å². The molecule has 0 amide bonds. The molecule has 3 atom stereocenters. The SMILES string of the molecule is CCOC1CC(NC(=NCc2nnc(C)n2C)NC(C)c2ccccc2)C12CCC2. The second-order valence-electron chi connectivity index (χ2n) is 8.63. The molecule has 2 N–H and O–H groups in total. The molecular formula is C23H34N6O. The number of rotatable bonds is 7. The summed E-state index contributed by atoms with van der Waals surface area (Å²) in [6, 6.07) is 11.0. The predicted molar refractivity (Wildman–Crippen MR) is 118 cm³/mol. The van der Waals surface area contributed by atoms with Crippen LogP contribution in [-0.4, -0.2) is 39.5 Å². The van der Waals surface area contributed by atoms with Gasteiger partial charge in [-0.3, -0.25) is 0 Å². The van der Waals surface area contributed by atoms with E-state index in [-0.39, 0.29) is 11.5 Å². The standard InChI is InChI=1S/C23H34N6O/c1-5-30-20-14-19(23(20)12-9-13-23)26-22(24-15-21-28-27-17(3)29(21)4)25-16(2)18-10-7-6-8-11-18/h6-8,10-11,16,19-20H,5,9,12-15H2,1-4H3,(H2,24,25,26). The van der Waals surface area contributed by atoms with E-state index < -0.39 is 0 Å². The van der Waals surface area contributed by atoms with Gasteiger partial charge >= 0.3 is 0 Å². The second kappa shape index (κ2) is 8.76. The summed E-state index contributed by atoms with van der Waals surface area (Å²) in [6.45, 7) is 7.49. The van der Waals surface area contributed by atoms with Gasteiger partial charge in [0.2, 0.25) is 0 Å². The molecule has 30 heavy (non-hydrogen) atoms. The third-order valence-corrected chi connectivity index (χ3v) is 6.96. The molecule has 162 valence electrons. The van der Waals surface area contributed by atoms with E-state index in [2.05, 4.69) is 58.9 Å². The Labute approximate surface area is 179 Å². The van der Waals surface area contributed by atoms with E-state index in [0.29, 0.717) is 18.7 Å². The molecule has 0 radical (unpaired) electrons. The molecule has 2 aliphatic rings. The molecular weight excluding hydrogens is 376 g/mol. The van der Waals surface area contributed by atoms with Crippen molar-refractivity contribution >= 4 is 5.96 Å². The fraction of sp³-hybridized carbons (Fsp3) is 0.609. The first-order valence-corrected chi connectivity index (χ1v) is 11.1. The van der Waals surface area contributed by atoms with Crippen LogP contribution in [0, 0.1) is 12.3 Å². The number of nitrogens with one attached hydrogen (secondary N) is 2. The van der Waals surface area contributed by atoms with Crippen LogP contribution >= 0.6 is 0 Å². The van der Waals surface area contributed by atoms with Gasteiger partial charge in [0.05, 0.1) is 12.1 Å². The van der Waals surface area contributed by atoms with E-state index in [1.807, 2.05) is 24.6 Å². The Balaban J connectivity index is 1.50. The van der Waals surface area contributed by atoms with Crippen LogP contribution < -0.4 is 10.6 Å². The smallest absolute Gasteiger partial charge is 0.192 e. The third kappa shape index (κ3) is 3.95. The van der Waals surface area contributed by atoms with Crippen LogP contribution in [0.4, 0.5) is 0 Å². The molecule has 7 nitrogen and oxygen atoms in total. The molecule has 4 rings (SSSR count). The Bertz CT molecular complexity index is 873. The number of nitrogens with zero attached hydrogens (tertiary/aromatic N) is 4. The monoisotopic (exact) mass is 410 g/mol. The van der Waals surface area contributed by atoms with Crippen molar-refractivity contribution in [3.63, 3.8) is 0 Å². The van der Waals surface area contributed by atoms with E-state index in [1.54, 1.807) is 0 Å². The van der Waals surface area contributed by atoms with Gasteiger partial charge in [-0.2, -0.15) is 0 Å². The summed E-state index contributed by atoms with van der Waals surface area (Å²) in [6.07, 6.45) is 5.18. The molecule has 1 aromatic carbocycles. The number of aromatic nitrogens is 3. The number of hydrogen-bond donors (Lipinski definition) is 2. The maximum atomic E-state index is 6.02. The summed E-state index contributed by atoms with van der Waals surface area (Å²) >= 11 is 0. The van der Waals surface area contributed by atoms with Gasteiger partial charge in [0, 0.05) is 25.1 Å². The number of aryl methyl sites for hydroxylation is 1. The summed E-state index contributed by atoms with van der Waals surface area (Å²) in [5.74, 6) is 2.59. The highest BCUT2D eigenvalue weighted by Crippen LogP contribution is 2.57. The van der Waals surface area contributed by atoms with Crippen molar-refractivity contribution in [3.05, 3.63) is 47.5 Å². The average Bonchev–Trinajstić information content (AvgIpc) is 3.02. The Morgan fingerprint density at radius 2 is 2.07 bits per heavy atom. The van der Waals surface area contributed by atoms with Crippen molar-refractivity contribution in [3.8, 4) is 0 Å². The quantitative estimate of drug-likeness (QED) is 0.541. The molecule has 2 aromatic rings. The van der Waals surface area contributed by atoms with Crippen molar-refractivity contribution in [2.24, 2.45) is 17.5 Å². The van der Waals surface area contributed by atoms with E-state index in [1.165, 1.54) is 24.8 Å². The summed E-state index contributed by atoms with van der Waals surface area (Å²) in [7, 11) is 1.98. The molecule has 0 bridgehead atoms. The summed E-state index contributed by atoms with van der Waals surface area (Å²) in [5, 5.41) is 15.7. The fourth-order valence-corrected chi connectivity index (χ4v) is 4.71. The van der Waals surface area contributed by atoms with Gasteiger partial charge in [0.25, 0.3) is 0 Å². The third-order valence-electron chi connectivity index (χ3n) is 6.96. The zero-order valence-corrected chi connectivity index (χ0v) is 18.6. The summed E-state index contributed by atoms with van der Waals surface area (Å²) < 4.78 is 8.01. The molecule has 7 heteroatoms. The lowest BCUT2D eigenvalue weighted by atomic mass is 9.51. The normalized spacial score (nSPS) is 23.5. The van der Waals surface area contributed by atoms with Gasteiger partial charge in [0.1, 0.15) is 12.4 Å². The molecule has 2 fully saturated rings. The number of guanidine groups is 1. The molecule has 0 aliphatic heterocycles. The maximum Gasteiger partial charge on any atom is 0.192 e. The van der Waals surface area contributed by atoms with Crippen LogP contribution in [0.25, 0.3) is 0 Å². The minimum absolute atomic E-state index is 0.152. The van der Waals surface area contributed by atoms with Gasteiger partial charge in [-0.25, -0.2) is 4.99 Å².